The Hall–Kier alpha value is -1.61. The first-order valence-corrected chi connectivity index (χ1v) is 9.61. The minimum Gasteiger partial charge on any atom is -0.381 e. The second-order valence-corrected chi connectivity index (χ2v) is 8.08. The van der Waals surface area contributed by atoms with Gasteiger partial charge in [-0.15, -0.1) is 0 Å². The van der Waals surface area contributed by atoms with Crippen LogP contribution in [0.5, 0.6) is 0 Å². The molecule has 4 atom stereocenters. The lowest BCUT2D eigenvalue weighted by Gasteiger charge is -2.45. The summed E-state index contributed by atoms with van der Waals surface area (Å²) in [6.45, 7) is 0. The molecule has 0 unspecified atom stereocenters. The number of hydrogen-bond donors (Lipinski definition) is 2. The molecule has 4 rings (SSSR count). The fraction of sp³-hybridized carbons (Fsp3) is 0.400. The Morgan fingerprint density at radius 1 is 0.609 bits per heavy atom. The molecule has 0 saturated carbocycles. The number of fused-ring (bicyclic) bond motifs is 2. The first-order chi connectivity index (χ1) is 11.4. The van der Waals surface area contributed by atoms with Crippen molar-refractivity contribution in [1.82, 2.24) is 0 Å². The van der Waals surface area contributed by atoms with Crippen molar-refractivity contribution in [3.05, 3.63) is 60.7 Å². The van der Waals surface area contributed by atoms with E-state index in [-0.39, 0.29) is 0 Å². The third kappa shape index (κ3) is 3.50. The zero-order chi connectivity index (χ0) is 15.5. The number of nitrogens with one attached hydrogen (secondary N) is 2. The fourth-order valence-corrected chi connectivity index (χ4v) is 5.62. The van der Waals surface area contributed by atoms with E-state index in [9.17, 15) is 0 Å². The van der Waals surface area contributed by atoms with Crippen molar-refractivity contribution in [1.29, 1.82) is 0 Å². The maximum Gasteiger partial charge on any atom is 0.0380 e. The summed E-state index contributed by atoms with van der Waals surface area (Å²) in [6, 6.07) is 22.6. The highest BCUT2D eigenvalue weighted by Crippen LogP contribution is 2.43. The standard InChI is InChI=1S/C20H24N2S/c1-3-7-15(8-4-1)21-17-11-13-20-18(12-14-19(17)23-20)22-16-9-5-2-6-10-16/h1-10,17-22H,11-14H2/t17-,18-,19-,20-/m1/s1. The average molecular weight is 324 g/mol. The SMILES string of the molecule is c1ccc(N[C@@H]2CC[C@H]3S[C@@H]2CC[C@H]3Nc2ccccc2)cc1. The van der Waals surface area contributed by atoms with Gasteiger partial charge >= 0.3 is 0 Å². The van der Waals surface area contributed by atoms with Gasteiger partial charge < -0.3 is 10.6 Å². The predicted molar refractivity (Wildman–Crippen MR) is 101 cm³/mol. The zero-order valence-electron chi connectivity index (χ0n) is 13.3. The van der Waals surface area contributed by atoms with Gasteiger partial charge in [0.05, 0.1) is 0 Å². The van der Waals surface area contributed by atoms with E-state index >= 15 is 0 Å². The average Bonchev–Trinajstić information content (AvgIpc) is 2.61. The summed E-state index contributed by atoms with van der Waals surface area (Å²) < 4.78 is 0. The molecule has 2 aromatic carbocycles. The summed E-state index contributed by atoms with van der Waals surface area (Å²) in [7, 11) is 0. The van der Waals surface area contributed by atoms with E-state index in [1.54, 1.807) is 0 Å². The van der Waals surface area contributed by atoms with E-state index in [2.05, 4.69) is 83.1 Å². The second-order valence-electron chi connectivity index (χ2n) is 6.60. The Kier molecular flexibility index (Phi) is 4.47. The number of anilines is 2. The van der Waals surface area contributed by atoms with Crippen LogP contribution < -0.4 is 10.6 Å². The quantitative estimate of drug-likeness (QED) is 0.827. The first kappa shape index (κ1) is 14.9. The van der Waals surface area contributed by atoms with Gasteiger partial charge in [-0.05, 0) is 49.9 Å². The van der Waals surface area contributed by atoms with Crippen molar-refractivity contribution in [2.75, 3.05) is 10.6 Å². The maximum atomic E-state index is 3.76. The first-order valence-electron chi connectivity index (χ1n) is 8.67. The molecule has 2 saturated heterocycles. The molecule has 120 valence electrons. The molecule has 2 N–H and O–H groups in total. The van der Waals surface area contributed by atoms with Crippen LogP contribution in [0, 0.1) is 0 Å². The summed E-state index contributed by atoms with van der Waals surface area (Å²) >= 11 is 2.20. The molecule has 2 aliphatic heterocycles. The number of benzene rings is 2. The van der Waals surface area contributed by atoms with E-state index in [1.807, 2.05) is 0 Å². The lowest BCUT2D eigenvalue weighted by molar-refractivity contribution is 0.434. The molecule has 0 aliphatic carbocycles. The topological polar surface area (TPSA) is 24.1 Å². The minimum atomic E-state index is 0.622. The van der Waals surface area contributed by atoms with Gasteiger partial charge in [0.2, 0.25) is 0 Å². The molecule has 2 heterocycles. The third-order valence-corrected chi connectivity index (χ3v) is 6.85. The van der Waals surface area contributed by atoms with E-state index in [0.717, 1.165) is 10.5 Å². The predicted octanol–water partition coefficient (Wildman–Crippen LogP) is 5.01. The van der Waals surface area contributed by atoms with Crippen LogP contribution in [0.1, 0.15) is 25.7 Å². The summed E-state index contributed by atoms with van der Waals surface area (Å²) in [5, 5.41) is 9.02. The van der Waals surface area contributed by atoms with E-state index in [0.29, 0.717) is 12.1 Å². The summed E-state index contributed by atoms with van der Waals surface area (Å²) in [6.07, 6.45) is 5.17. The highest BCUT2D eigenvalue weighted by atomic mass is 32.2. The molecule has 2 fully saturated rings. The smallest absolute Gasteiger partial charge is 0.0380 e. The van der Waals surface area contributed by atoms with Gasteiger partial charge in [0.15, 0.2) is 0 Å². The Morgan fingerprint density at radius 2 is 1.04 bits per heavy atom. The van der Waals surface area contributed by atoms with Gasteiger partial charge in [-0.1, -0.05) is 36.4 Å². The number of hydrogen-bond acceptors (Lipinski definition) is 3. The molecule has 2 aliphatic rings. The Labute approximate surface area is 143 Å². The van der Waals surface area contributed by atoms with Crippen molar-refractivity contribution in [3.8, 4) is 0 Å². The molecular weight excluding hydrogens is 300 g/mol. The van der Waals surface area contributed by atoms with Crippen molar-refractivity contribution in [2.24, 2.45) is 0 Å². The van der Waals surface area contributed by atoms with Gasteiger partial charge in [-0.25, -0.2) is 0 Å². The van der Waals surface area contributed by atoms with Gasteiger partial charge in [-0.3, -0.25) is 0 Å². The van der Waals surface area contributed by atoms with Crippen LogP contribution in [0.25, 0.3) is 0 Å². The molecule has 0 amide bonds. The van der Waals surface area contributed by atoms with Crippen molar-refractivity contribution >= 4 is 23.1 Å². The van der Waals surface area contributed by atoms with Crippen molar-refractivity contribution in [2.45, 2.75) is 48.3 Å². The molecule has 2 bridgehead atoms. The van der Waals surface area contributed by atoms with Gasteiger partial charge in [0.25, 0.3) is 0 Å². The third-order valence-electron chi connectivity index (χ3n) is 5.02. The lowest BCUT2D eigenvalue weighted by atomic mass is 9.91. The van der Waals surface area contributed by atoms with Crippen LogP contribution in [0.2, 0.25) is 0 Å². The monoisotopic (exact) mass is 324 g/mol. The molecule has 0 aromatic heterocycles. The zero-order valence-corrected chi connectivity index (χ0v) is 14.1. The molecular formula is C20H24N2S. The van der Waals surface area contributed by atoms with E-state index < -0.39 is 0 Å². The minimum absolute atomic E-state index is 0.622. The molecule has 3 heteroatoms. The fourth-order valence-electron chi connectivity index (χ4n) is 3.84. The summed E-state index contributed by atoms with van der Waals surface area (Å²) in [4.78, 5) is 0. The second kappa shape index (κ2) is 6.88. The van der Waals surface area contributed by atoms with Crippen molar-refractivity contribution in [3.63, 3.8) is 0 Å². The largest absolute Gasteiger partial charge is 0.381 e. The Morgan fingerprint density at radius 3 is 1.48 bits per heavy atom. The summed E-state index contributed by atoms with van der Waals surface area (Å²) in [5.74, 6) is 0. The number of thioether (sulfide) groups is 1. The van der Waals surface area contributed by atoms with Crippen molar-refractivity contribution < 1.29 is 0 Å². The maximum absolute atomic E-state index is 3.76. The normalized spacial score (nSPS) is 29.7. The van der Waals surface area contributed by atoms with Gasteiger partial charge in [0, 0.05) is 34.0 Å². The highest BCUT2D eigenvalue weighted by molar-refractivity contribution is 8.00. The molecule has 23 heavy (non-hydrogen) atoms. The van der Waals surface area contributed by atoms with Crippen LogP contribution in [0.3, 0.4) is 0 Å². The van der Waals surface area contributed by atoms with Crippen LogP contribution in [0.15, 0.2) is 60.7 Å². The number of rotatable bonds is 4. The Bertz CT molecular complexity index is 561. The van der Waals surface area contributed by atoms with Crippen LogP contribution >= 0.6 is 11.8 Å². The summed E-state index contributed by atoms with van der Waals surface area (Å²) in [5.41, 5.74) is 2.53. The molecule has 2 aromatic rings. The van der Waals surface area contributed by atoms with Crippen LogP contribution in [-0.2, 0) is 0 Å². The van der Waals surface area contributed by atoms with Gasteiger partial charge in [0.1, 0.15) is 0 Å². The molecule has 0 radical (unpaired) electrons. The van der Waals surface area contributed by atoms with Crippen LogP contribution in [-0.4, -0.2) is 22.6 Å². The highest BCUT2D eigenvalue weighted by Gasteiger charge is 2.39. The number of para-hydroxylation sites is 2. The van der Waals surface area contributed by atoms with E-state index in [1.165, 1.54) is 37.1 Å². The molecule has 0 spiro atoms. The van der Waals surface area contributed by atoms with Gasteiger partial charge in [-0.2, -0.15) is 11.8 Å². The van der Waals surface area contributed by atoms with Crippen LogP contribution in [0.4, 0.5) is 11.4 Å². The van der Waals surface area contributed by atoms with E-state index in [4.69, 9.17) is 0 Å². The Balaban J connectivity index is 1.37. The lowest BCUT2D eigenvalue weighted by Crippen LogP contribution is -2.47. The molecule has 2 nitrogen and oxygen atoms in total.